The summed E-state index contributed by atoms with van der Waals surface area (Å²) in [6, 6.07) is 13.4. The molecule has 0 aliphatic carbocycles. The maximum atomic E-state index is 14.1. The molecule has 2 heterocycles. The zero-order valence-electron chi connectivity index (χ0n) is 16.9. The molecule has 0 aromatic heterocycles. The van der Waals surface area contributed by atoms with Gasteiger partial charge in [0.2, 0.25) is 0 Å². The van der Waals surface area contributed by atoms with Crippen LogP contribution in [0.1, 0.15) is 25.8 Å². The van der Waals surface area contributed by atoms with Crippen LogP contribution in [0.5, 0.6) is 0 Å². The second kappa shape index (κ2) is 8.25. The fourth-order valence-corrected chi connectivity index (χ4v) is 4.28. The first-order valence-electron chi connectivity index (χ1n) is 10.3. The van der Waals surface area contributed by atoms with Gasteiger partial charge in [0.05, 0.1) is 11.3 Å². The molecule has 1 unspecified atom stereocenters. The summed E-state index contributed by atoms with van der Waals surface area (Å²) in [6.45, 7) is 8.72. The highest BCUT2D eigenvalue weighted by atomic mass is 19.1. The molecule has 0 spiro atoms. The van der Waals surface area contributed by atoms with Crippen molar-refractivity contribution in [3.8, 4) is 0 Å². The minimum Gasteiger partial charge on any atom is -0.370 e. The molecule has 4 rings (SSSR count). The number of anilines is 3. The van der Waals surface area contributed by atoms with E-state index in [1.807, 2.05) is 12.1 Å². The topological polar surface area (TPSA) is 47.6 Å². The standard InChI is InChI=1S/C23H27FN4O/c1-3-27(4-2)18-12-13-28(15-18)17-10-8-16(9-11-17)25-14-19-22-20(24)6-5-7-21(22)26-23(19)29/h5-11,14,18,25H,3-4,12-13,15H2,1-2H3,(H,26,29)/b19-14-. The Morgan fingerprint density at radius 1 is 1.21 bits per heavy atom. The Morgan fingerprint density at radius 2 is 1.97 bits per heavy atom. The van der Waals surface area contributed by atoms with Crippen molar-refractivity contribution in [3.05, 3.63) is 60.0 Å². The van der Waals surface area contributed by atoms with Gasteiger partial charge >= 0.3 is 0 Å². The molecule has 0 bridgehead atoms. The Morgan fingerprint density at radius 3 is 2.69 bits per heavy atom. The molecule has 1 fully saturated rings. The van der Waals surface area contributed by atoms with Gasteiger partial charge in [0.25, 0.3) is 5.91 Å². The lowest BCUT2D eigenvalue weighted by atomic mass is 10.1. The molecule has 2 aromatic carbocycles. The van der Waals surface area contributed by atoms with Crippen LogP contribution in [-0.2, 0) is 4.79 Å². The number of hydrogen-bond donors (Lipinski definition) is 2. The van der Waals surface area contributed by atoms with E-state index < -0.39 is 5.82 Å². The van der Waals surface area contributed by atoms with Crippen molar-refractivity contribution in [1.29, 1.82) is 0 Å². The number of rotatable bonds is 6. The van der Waals surface area contributed by atoms with Crippen molar-refractivity contribution in [1.82, 2.24) is 4.90 Å². The molecule has 0 saturated carbocycles. The molecule has 29 heavy (non-hydrogen) atoms. The lowest BCUT2D eigenvalue weighted by molar-refractivity contribution is -0.110. The maximum Gasteiger partial charge on any atom is 0.257 e. The minimum atomic E-state index is -0.402. The average molecular weight is 394 g/mol. The molecule has 152 valence electrons. The second-order valence-electron chi connectivity index (χ2n) is 7.48. The number of benzene rings is 2. The van der Waals surface area contributed by atoms with Crippen LogP contribution in [0.25, 0.3) is 5.57 Å². The highest BCUT2D eigenvalue weighted by Crippen LogP contribution is 2.33. The molecule has 2 aliphatic heterocycles. The highest BCUT2D eigenvalue weighted by molar-refractivity contribution is 6.31. The fraction of sp³-hybridized carbons (Fsp3) is 0.348. The number of hydrogen-bond acceptors (Lipinski definition) is 4. The number of carbonyl (C=O) groups excluding carboxylic acids is 1. The van der Waals surface area contributed by atoms with Crippen molar-refractivity contribution in [2.24, 2.45) is 0 Å². The lowest BCUT2D eigenvalue weighted by Gasteiger charge is -2.26. The number of halogens is 1. The van der Waals surface area contributed by atoms with Gasteiger partial charge in [0.15, 0.2) is 0 Å². The van der Waals surface area contributed by atoms with E-state index in [4.69, 9.17) is 0 Å². The van der Waals surface area contributed by atoms with E-state index in [-0.39, 0.29) is 5.91 Å². The largest absolute Gasteiger partial charge is 0.370 e. The number of likely N-dealkylation sites (N-methyl/N-ethyl adjacent to an activating group) is 1. The van der Waals surface area contributed by atoms with Gasteiger partial charge < -0.3 is 15.5 Å². The van der Waals surface area contributed by atoms with E-state index in [1.165, 1.54) is 18.2 Å². The summed E-state index contributed by atoms with van der Waals surface area (Å²) in [4.78, 5) is 17.1. The van der Waals surface area contributed by atoms with Crippen LogP contribution >= 0.6 is 0 Å². The van der Waals surface area contributed by atoms with Crippen LogP contribution in [0.2, 0.25) is 0 Å². The first-order chi connectivity index (χ1) is 14.1. The highest BCUT2D eigenvalue weighted by Gasteiger charge is 2.27. The van der Waals surface area contributed by atoms with Gasteiger partial charge in [0.1, 0.15) is 5.82 Å². The Bertz CT molecular complexity index is 921. The van der Waals surface area contributed by atoms with Gasteiger partial charge in [-0.05, 0) is 55.9 Å². The van der Waals surface area contributed by atoms with Gasteiger partial charge in [-0.1, -0.05) is 19.9 Å². The van der Waals surface area contributed by atoms with Crippen LogP contribution < -0.4 is 15.5 Å². The minimum absolute atomic E-state index is 0.297. The van der Waals surface area contributed by atoms with Gasteiger partial charge in [-0.3, -0.25) is 9.69 Å². The van der Waals surface area contributed by atoms with Gasteiger partial charge in [-0.2, -0.15) is 0 Å². The van der Waals surface area contributed by atoms with Crippen LogP contribution in [0.3, 0.4) is 0 Å². The molecule has 0 radical (unpaired) electrons. The lowest BCUT2D eigenvalue weighted by Crippen LogP contribution is -2.37. The van der Waals surface area contributed by atoms with E-state index >= 15 is 0 Å². The number of carbonyl (C=O) groups is 1. The summed E-state index contributed by atoms with van der Waals surface area (Å²) >= 11 is 0. The van der Waals surface area contributed by atoms with Gasteiger partial charge in [-0.15, -0.1) is 0 Å². The van der Waals surface area contributed by atoms with Crippen molar-refractivity contribution in [2.45, 2.75) is 26.3 Å². The van der Waals surface area contributed by atoms with Crippen LogP contribution in [0.4, 0.5) is 21.5 Å². The Labute approximate surface area is 171 Å². The maximum absolute atomic E-state index is 14.1. The molecule has 1 amide bonds. The fourth-order valence-electron chi connectivity index (χ4n) is 4.28. The number of amides is 1. The molecule has 6 heteroatoms. The number of nitrogens with zero attached hydrogens (tertiary/aromatic N) is 2. The molecule has 1 saturated heterocycles. The van der Waals surface area contributed by atoms with Gasteiger partial charge in [0, 0.05) is 42.3 Å². The summed E-state index contributed by atoms with van der Waals surface area (Å²) in [5, 5.41) is 5.83. The van der Waals surface area contributed by atoms with E-state index in [0.29, 0.717) is 22.9 Å². The predicted molar refractivity (Wildman–Crippen MR) is 117 cm³/mol. The zero-order valence-corrected chi connectivity index (χ0v) is 16.9. The second-order valence-corrected chi connectivity index (χ2v) is 7.48. The quantitative estimate of drug-likeness (QED) is 0.723. The Hall–Kier alpha value is -2.86. The smallest absolute Gasteiger partial charge is 0.257 e. The monoisotopic (exact) mass is 394 g/mol. The van der Waals surface area contributed by atoms with Crippen molar-refractivity contribution >= 4 is 28.5 Å². The zero-order chi connectivity index (χ0) is 20.4. The third-order valence-corrected chi connectivity index (χ3v) is 5.88. The summed E-state index contributed by atoms with van der Waals surface area (Å²) in [7, 11) is 0. The molecule has 2 N–H and O–H groups in total. The molecule has 2 aliphatic rings. The van der Waals surface area contributed by atoms with Crippen LogP contribution in [0.15, 0.2) is 48.7 Å². The van der Waals surface area contributed by atoms with E-state index in [2.05, 4.69) is 46.4 Å². The molecule has 2 aromatic rings. The third-order valence-electron chi connectivity index (χ3n) is 5.88. The SMILES string of the molecule is CCN(CC)C1CCN(c2ccc(N/C=C3\C(=O)Nc4cccc(F)c43)cc2)C1. The van der Waals surface area contributed by atoms with E-state index in [0.717, 1.165) is 31.9 Å². The molecule has 1 atom stereocenters. The summed E-state index contributed by atoms with van der Waals surface area (Å²) in [6.07, 6.45) is 2.76. The first kappa shape index (κ1) is 19.5. The summed E-state index contributed by atoms with van der Waals surface area (Å²) in [5.74, 6) is -0.699. The molecular weight excluding hydrogens is 367 g/mol. The van der Waals surface area contributed by atoms with Gasteiger partial charge in [-0.25, -0.2) is 4.39 Å². The van der Waals surface area contributed by atoms with E-state index in [9.17, 15) is 9.18 Å². The average Bonchev–Trinajstić information content (AvgIpc) is 3.33. The van der Waals surface area contributed by atoms with Crippen molar-refractivity contribution < 1.29 is 9.18 Å². The van der Waals surface area contributed by atoms with Crippen molar-refractivity contribution in [2.75, 3.05) is 41.7 Å². The third kappa shape index (κ3) is 3.85. The normalized spacial score (nSPS) is 19.7. The molecule has 5 nitrogen and oxygen atoms in total. The summed E-state index contributed by atoms with van der Waals surface area (Å²) < 4.78 is 14.1. The van der Waals surface area contributed by atoms with E-state index in [1.54, 1.807) is 18.3 Å². The summed E-state index contributed by atoms with van der Waals surface area (Å²) in [5.41, 5.74) is 3.20. The number of fused-ring (bicyclic) bond motifs is 1. The first-order valence-corrected chi connectivity index (χ1v) is 10.3. The Balaban J connectivity index is 1.44. The molecular formula is C23H27FN4O. The Kier molecular flexibility index (Phi) is 5.53. The predicted octanol–water partition coefficient (Wildman–Crippen LogP) is 4.15. The number of nitrogens with one attached hydrogen (secondary N) is 2. The van der Waals surface area contributed by atoms with Crippen LogP contribution in [0, 0.1) is 5.82 Å². The van der Waals surface area contributed by atoms with Crippen LogP contribution in [-0.4, -0.2) is 43.0 Å². The van der Waals surface area contributed by atoms with Crippen molar-refractivity contribution in [3.63, 3.8) is 0 Å².